The average molecular weight is 715 g/mol. The van der Waals surface area contributed by atoms with E-state index >= 15 is 0 Å². The topological polar surface area (TPSA) is 43.6 Å². The van der Waals surface area contributed by atoms with Crippen molar-refractivity contribution in [3.63, 3.8) is 0 Å². The fraction of sp³-hybridized carbons (Fsp3) is 0. The lowest BCUT2D eigenvalue weighted by Gasteiger charge is -2.17. The van der Waals surface area contributed by atoms with Crippen LogP contribution in [0.2, 0.25) is 0 Å². The number of rotatable bonds is 7. The highest BCUT2D eigenvalue weighted by molar-refractivity contribution is 6.11. The Balaban J connectivity index is 1.36. The minimum Gasteiger partial charge on any atom is -0.309 e. The summed E-state index contributed by atoms with van der Waals surface area (Å²) in [7, 11) is 0. The molecule has 0 spiro atoms. The molecule has 4 nitrogen and oxygen atoms in total. The van der Waals surface area contributed by atoms with Crippen molar-refractivity contribution >= 4 is 21.8 Å². The van der Waals surface area contributed by atoms with Crippen LogP contribution in [0.3, 0.4) is 0 Å². The summed E-state index contributed by atoms with van der Waals surface area (Å²) in [4.78, 5) is 15.0. The normalized spacial score (nSPS) is 14.3. The minimum atomic E-state index is -0.702. The smallest absolute Gasteiger partial charge is 0.166 e. The summed E-state index contributed by atoms with van der Waals surface area (Å²) in [6.07, 6.45) is 0. The van der Waals surface area contributed by atoms with Gasteiger partial charge in [-0.15, -0.1) is 0 Å². The van der Waals surface area contributed by atoms with Crippen LogP contribution in [0, 0.1) is 0 Å². The quantitative estimate of drug-likeness (QED) is 0.165. The molecular formula is C51H34N4. The standard InChI is InChI=1S/C51H34N4/c1-5-16-35(17-6-1)39-24-15-25-40(32-39)42-29-31-48(55-46-27-14-13-26-43(46)44-33-41(28-30-47(44)55)36-18-7-2-8-19-36)45(34-42)51-53-49(37-20-9-3-10-21-37)52-50(54-51)38-22-11-4-12-23-38/h1-34H/i2D,7D,8D,13D,14D,18D,19D,26D,27D,28D,30D,33D. The van der Waals surface area contributed by atoms with E-state index in [2.05, 4.69) is 0 Å². The van der Waals surface area contributed by atoms with E-state index < -0.39 is 83.6 Å². The first kappa shape index (κ1) is 21.9. The van der Waals surface area contributed by atoms with E-state index in [1.165, 1.54) is 4.57 Å². The molecule has 0 aliphatic rings. The molecule has 10 rings (SSSR count). The maximum atomic E-state index is 9.72. The van der Waals surface area contributed by atoms with Gasteiger partial charge in [0.1, 0.15) is 0 Å². The summed E-state index contributed by atoms with van der Waals surface area (Å²) in [5, 5.41) is -0.342. The third-order valence-corrected chi connectivity index (χ3v) is 9.39. The van der Waals surface area contributed by atoms with Gasteiger partial charge in [0.25, 0.3) is 0 Å². The molecule has 10 aromatic rings. The predicted molar refractivity (Wildman–Crippen MR) is 227 cm³/mol. The highest BCUT2D eigenvalue weighted by Crippen LogP contribution is 2.40. The van der Waals surface area contributed by atoms with E-state index in [-0.39, 0.29) is 33.3 Å². The molecule has 0 aliphatic carbocycles. The Kier molecular flexibility index (Phi) is 5.52. The van der Waals surface area contributed by atoms with Crippen molar-refractivity contribution in [2.75, 3.05) is 0 Å². The third-order valence-electron chi connectivity index (χ3n) is 9.39. The molecule has 0 radical (unpaired) electrons. The van der Waals surface area contributed by atoms with Gasteiger partial charge in [0.2, 0.25) is 0 Å². The molecule has 258 valence electrons. The highest BCUT2D eigenvalue weighted by Gasteiger charge is 2.21. The van der Waals surface area contributed by atoms with E-state index in [0.29, 0.717) is 28.3 Å². The van der Waals surface area contributed by atoms with Crippen LogP contribution in [0.15, 0.2) is 206 Å². The Labute approximate surface area is 336 Å². The predicted octanol–water partition coefficient (Wildman–Crippen LogP) is 13.0. The number of nitrogens with zero attached hydrogens (tertiary/aromatic N) is 4. The van der Waals surface area contributed by atoms with Crippen LogP contribution in [0.1, 0.15) is 16.4 Å². The van der Waals surface area contributed by atoms with Gasteiger partial charge in [-0.3, -0.25) is 0 Å². The van der Waals surface area contributed by atoms with Crippen molar-refractivity contribution < 1.29 is 16.4 Å². The number of para-hydroxylation sites is 1. The van der Waals surface area contributed by atoms with Crippen LogP contribution in [-0.2, 0) is 0 Å². The summed E-state index contributed by atoms with van der Waals surface area (Å²) in [6.45, 7) is 0. The molecule has 0 unspecified atom stereocenters. The van der Waals surface area contributed by atoms with Gasteiger partial charge in [-0.05, 0) is 69.7 Å². The van der Waals surface area contributed by atoms with Crippen molar-refractivity contribution in [1.29, 1.82) is 0 Å². The van der Waals surface area contributed by atoms with E-state index in [1.54, 1.807) is 6.07 Å². The summed E-state index contributed by atoms with van der Waals surface area (Å²) < 4.78 is 109. The number of aromatic nitrogens is 4. The summed E-state index contributed by atoms with van der Waals surface area (Å²) in [5.41, 5.74) is 4.27. The van der Waals surface area contributed by atoms with E-state index in [4.69, 9.17) is 24.5 Å². The second-order valence-electron chi connectivity index (χ2n) is 12.7. The maximum absolute atomic E-state index is 9.72. The zero-order valence-corrected chi connectivity index (χ0v) is 29.0. The van der Waals surface area contributed by atoms with Crippen LogP contribution in [-0.4, -0.2) is 19.5 Å². The number of benzene rings is 8. The molecule has 2 heterocycles. The summed E-state index contributed by atoms with van der Waals surface area (Å²) >= 11 is 0. The number of hydrogen-bond acceptors (Lipinski definition) is 3. The van der Waals surface area contributed by atoms with Gasteiger partial charge in [0.05, 0.1) is 33.2 Å². The number of fused-ring (bicyclic) bond motifs is 3. The molecule has 2 aromatic heterocycles. The van der Waals surface area contributed by atoms with Gasteiger partial charge >= 0.3 is 0 Å². The monoisotopic (exact) mass is 714 g/mol. The third kappa shape index (κ3) is 6.06. The van der Waals surface area contributed by atoms with Crippen LogP contribution in [0.5, 0.6) is 0 Å². The van der Waals surface area contributed by atoms with Crippen molar-refractivity contribution in [2.45, 2.75) is 0 Å². The fourth-order valence-corrected chi connectivity index (χ4v) is 6.78. The van der Waals surface area contributed by atoms with E-state index in [0.717, 1.165) is 22.3 Å². The van der Waals surface area contributed by atoms with E-state index in [1.807, 2.05) is 127 Å². The summed E-state index contributed by atoms with van der Waals surface area (Å²) in [5.74, 6) is 0.837. The second-order valence-corrected chi connectivity index (χ2v) is 12.7. The SMILES string of the molecule is [2H]c1c([2H])c([2H])c(-c2c([2H])c([2H])c3c(c2[2H])c2c([2H])c([2H])c([2H])c([2H])c2n3-c2ccc(-c3cccc(-c4ccccc4)c3)cc2-c2nc(-c3ccccc3)nc(-c3ccccc3)n2)c([2H])c1[2H]. The molecular weight excluding hydrogens is 669 g/mol. The van der Waals surface area contributed by atoms with Crippen LogP contribution < -0.4 is 0 Å². The first-order valence-corrected chi connectivity index (χ1v) is 17.6. The van der Waals surface area contributed by atoms with Gasteiger partial charge in [0.15, 0.2) is 17.5 Å². The van der Waals surface area contributed by atoms with Crippen molar-refractivity contribution in [1.82, 2.24) is 19.5 Å². The molecule has 0 saturated carbocycles. The first-order chi connectivity index (χ1) is 32.3. The lowest BCUT2D eigenvalue weighted by Crippen LogP contribution is -2.04. The molecule has 4 heteroatoms. The van der Waals surface area contributed by atoms with Crippen molar-refractivity contribution in [2.24, 2.45) is 0 Å². The highest BCUT2D eigenvalue weighted by atomic mass is 15.1. The minimum absolute atomic E-state index is 0.124. The van der Waals surface area contributed by atoms with Crippen LogP contribution in [0.4, 0.5) is 0 Å². The lowest BCUT2D eigenvalue weighted by atomic mass is 9.97. The number of hydrogen-bond donors (Lipinski definition) is 0. The Morgan fingerprint density at radius 2 is 0.909 bits per heavy atom. The Morgan fingerprint density at radius 1 is 0.364 bits per heavy atom. The molecule has 0 aliphatic heterocycles. The van der Waals surface area contributed by atoms with Gasteiger partial charge < -0.3 is 4.57 Å². The lowest BCUT2D eigenvalue weighted by molar-refractivity contribution is 1.06. The molecule has 0 fully saturated rings. The molecule has 0 atom stereocenters. The van der Waals surface area contributed by atoms with E-state index in [9.17, 15) is 6.85 Å². The zero-order valence-electron chi connectivity index (χ0n) is 41.0. The average Bonchev–Trinajstić information content (AvgIpc) is 3.74. The van der Waals surface area contributed by atoms with Gasteiger partial charge in [0, 0.05) is 27.5 Å². The van der Waals surface area contributed by atoms with Crippen LogP contribution in [0.25, 0.3) is 95.0 Å². The second kappa shape index (κ2) is 13.8. The Bertz CT molecular complexity index is 3570. The van der Waals surface area contributed by atoms with Crippen molar-refractivity contribution in [3.8, 4) is 73.2 Å². The zero-order chi connectivity index (χ0) is 47.0. The molecule has 55 heavy (non-hydrogen) atoms. The Morgan fingerprint density at radius 3 is 1.60 bits per heavy atom. The molecule has 8 aromatic carbocycles. The largest absolute Gasteiger partial charge is 0.309 e. The maximum Gasteiger partial charge on any atom is 0.166 e. The molecule has 0 N–H and O–H groups in total. The van der Waals surface area contributed by atoms with Crippen molar-refractivity contribution in [3.05, 3.63) is 206 Å². The van der Waals surface area contributed by atoms with Gasteiger partial charge in [-0.2, -0.15) is 0 Å². The first-order valence-electron chi connectivity index (χ1n) is 23.6. The summed E-state index contributed by atoms with van der Waals surface area (Å²) in [6, 6.07) is 34.5. The fourth-order valence-electron chi connectivity index (χ4n) is 6.78. The van der Waals surface area contributed by atoms with Gasteiger partial charge in [-0.25, -0.2) is 15.0 Å². The molecule has 0 bridgehead atoms. The molecule has 0 amide bonds. The van der Waals surface area contributed by atoms with Crippen LogP contribution >= 0.6 is 0 Å². The Hall–Kier alpha value is -7.43. The molecule has 0 saturated heterocycles. The van der Waals surface area contributed by atoms with Gasteiger partial charge in [-0.1, -0.05) is 170 Å².